The first-order valence-electron chi connectivity index (χ1n) is 5.99. The molecule has 1 aromatic carbocycles. The van der Waals surface area contributed by atoms with E-state index in [1.165, 1.54) is 11.1 Å². The quantitative estimate of drug-likeness (QED) is 0.742. The van der Waals surface area contributed by atoms with Crippen molar-refractivity contribution in [2.75, 3.05) is 0 Å². The summed E-state index contributed by atoms with van der Waals surface area (Å²) in [5, 5.41) is 10.3. The fraction of sp³-hybridized carbons (Fsp3) is 0.600. The van der Waals surface area contributed by atoms with Gasteiger partial charge in [-0.05, 0) is 47.4 Å². The molecule has 0 amide bonds. The number of rotatable bonds is 1. The van der Waals surface area contributed by atoms with Gasteiger partial charge in [-0.3, -0.25) is 0 Å². The molecule has 0 unspecified atom stereocenters. The number of phenolic OH excluding ortho intramolecular Hbond substituents is 1. The molecule has 0 spiro atoms. The first-order chi connectivity index (χ1) is 7.16. The van der Waals surface area contributed by atoms with Crippen LogP contribution >= 0.6 is 0 Å². The molecule has 0 saturated heterocycles. The van der Waals surface area contributed by atoms with Gasteiger partial charge in [0.15, 0.2) is 0 Å². The van der Waals surface area contributed by atoms with Crippen LogP contribution in [0.5, 0.6) is 5.75 Å². The molecule has 0 atom stereocenters. The molecule has 0 saturated carbocycles. The Morgan fingerprint density at radius 1 is 1.12 bits per heavy atom. The van der Waals surface area contributed by atoms with Gasteiger partial charge in [0, 0.05) is 0 Å². The average Bonchev–Trinajstić information content (AvgIpc) is 2.09. The molecule has 1 N–H and O–H groups in total. The van der Waals surface area contributed by atoms with Gasteiger partial charge in [0.1, 0.15) is 5.75 Å². The molecular weight excluding hydrogens is 196 g/mol. The van der Waals surface area contributed by atoms with Gasteiger partial charge in [-0.1, -0.05) is 40.7 Å². The van der Waals surface area contributed by atoms with Gasteiger partial charge >= 0.3 is 0 Å². The van der Waals surface area contributed by atoms with Crippen molar-refractivity contribution in [1.29, 1.82) is 0 Å². The van der Waals surface area contributed by atoms with E-state index >= 15 is 0 Å². The first-order valence-corrected chi connectivity index (χ1v) is 5.99. The summed E-state index contributed by atoms with van der Waals surface area (Å²) in [5.74, 6) is 0.932. The lowest BCUT2D eigenvalue weighted by Gasteiger charge is -2.25. The van der Waals surface area contributed by atoms with Crippen molar-refractivity contribution in [3.8, 4) is 5.75 Å². The molecule has 0 bridgehead atoms. The summed E-state index contributed by atoms with van der Waals surface area (Å²) in [5.41, 5.74) is 4.65. The minimum Gasteiger partial charge on any atom is -0.507 e. The lowest BCUT2D eigenvalue weighted by atomic mass is 9.81. The number of aryl methyl sites for hydroxylation is 1. The Bertz CT molecular complexity index is 395. The SMILES string of the molecule is Cc1cc(C(C)(C)C)c(O)c(C)c1C(C)C. The number of hydrogen-bond donors (Lipinski definition) is 1. The highest BCUT2D eigenvalue weighted by molar-refractivity contribution is 5.52. The van der Waals surface area contributed by atoms with Crippen molar-refractivity contribution in [3.05, 3.63) is 28.3 Å². The van der Waals surface area contributed by atoms with Crippen LogP contribution < -0.4 is 0 Å². The number of benzene rings is 1. The summed E-state index contributed by atoms with van der Waals surface area (Å²) in [6, 6.07) is 2.14. The highest BCUT2D eigenvalue weighted by atomic mass is 16.3. The van der Waals surface area contributed by atoms with Crippen LogP contribution in [0.25, 0.3) is 0 Å². The van der Waals surface area contributed by atoms with E-state index in [2.05, 4.69) is 47.6 Å². The van der Waals surface area contributed by atoms with Gasteiger partial charge in [0.2, 0.25) is 0 Å². The van der Waals surface area contributed by atoms with Crippen LogP contribution in [0.15, 0.2) is 6.07 Å². The van der Waals surface area contributed by atoms with Crippen LogP contribution in [0.4, 0.5) is 0 Å². The predicted molar refractivity (Wildman–Crippen MR) is 70.4 cm³/mol. The normalized spacial score (nSPS) is 12.2. The van der Waals surface area contributed by atoms with Crippen LogP contribution in [-0.4, -0.2) is 5.11 Å². The maximum atomic E-state index is 10.3. The standard InChI is InChI=1S/C15H24O/c1-9(2)13-10(3)8-12(15(5,6)7)14(16)11(13)4/h8-9,16H,1-7H3. The monoisotopic (exact) mass is 220 g/mol. The Balaban J connectivity index is 3.52. The van der Waals surface area contributed by atoms with E-state index in [-0.39, 0.29) is 5.41 Å². The van der Waals surface area contributed by atoms with Gasteiger partial charge in [0.05, 0.1) is 0 Å². The highest BCUT2D eigenvalue weighted by Crippen LogP contribution is 2.38. The summed E-state index contributed by atoms with van der Waals surface area (Å²) in [7, 11) is 0. The maximum absolute atomic E-state index is 10.3. The molecule has 0 heterocycles. The van der Waals surface area contributed by atoms with Crippen molar-refractivity contribution >= 4 is 0 Å². The second-order valence-electron chi connectivity index (χ2n) is 6.03. The Morgan fingerprint density at radius 2 is 1.62 bits per heavy atom. The molecule has 1 aromatic rings. The van der Waals surface area contributed by atoms with Gasteiger partial charge in [-0.25, -0.2) is 0 Å². The summed E-state index contributed by atoms with van der Waals surface area (Å²) in [6.07, 6.45) is 0. The minimum absolute atomic E-state index is 0.00485. The van der Waals surface area contributed by atoms with Crippen molar-refractivity contribution in [1.82, 2.24) is 0 Å². The molecule has 1 nitrogen and oxygen atoms in total. The van der Waals surface area contributed by atoms with Crippen LogP contribution in [0, 0.1) is 13.8 Å². The lowest BCUT2D eigenvalue weighted by molar-refractivity contribution is 0.441. The molecule has 0 aliphatic heterocycles. The topological polar surface area (TPSA) is 20.2 Å². The van der Waals surface area contributed by atoms with E-state index in [4.69, 9.17) is 0 Å². The van der Waals surface area contributed by atoms with Crippen LogP contribution in [0.3, 0.4) is 0 Å². The molecule has 0 aliphatic rings. The van der Waals surface area contributed by atoms with Crippen LogP contribution in [0.1, 0.15) is 62.8 Å². The van der Waals surface area contributed by atoms with Crippen molar-refractivity contribution in [2.45, 2.75) is 59.8 Å². The molecule has 0 radical (unpaired) electrons. The first kappa shape index (κ1) is 13.1. The summed E-state index contributed by atoms with van der Waals surface area (Å²) < 4.78 is 0. The molecule has 0 aliphatic carbocycles. The summed E-state index contributed by atoms with van der Waals surface area (Å²) >= 11 is 0. The third-order valence-electron chi connectivity index (χ3n) is 3.19. The van der Waals surface area contributed by atoms with Gasteiger partial charge in [-0.15, -0.1) is 0 Å². The number of hydrogen-bond acceptors (Lipinski definition) is 1. The zero-order valence-corrected chi connectivity index (χ0v) is 11.6. The molecule has 1 heteroatoms. The molecule has 90 valence electrons. The lowest BCUT2D eigenvalue weighted by Crippen LogP contribution is -2.13. The summed E-state index contributed by atoms with van der Waals surface area (Å²) in [4.78, 5) is 0. The molecule has 16 heavy (non-hydrogen) atoms. The minimum atomic E-state index is -0.00485. The van der Waals surface area contributed by atoms with Crippen molar-refractivity contribution in [3.63, 3.8) is 0 Å². The second-order valence-corrected chi connectivity index (χ2v) is 6.03. The number of aromatic hydroxyl groups is 1. The molecule has 1 rings (SSSR count). The van der Waals surface area contributed by atoms with Crippen molar-refractivity contribution in [2.24, 2.45) is 0 Å². The zero-order chi connectivity index (χ0) is 12.7. The highest BCUT2D eigenvalue weighted by Gasteiger charge is 2.22. The van der Waals surface area contributed by atoms with E-state index < -0.39 is 0 Å². The third-order valence-corrected chi connectivity index (χ3v) is 3.19. The van der Waals surface area contributed by atoms with E-state index in [0.717, 1.165) is 11.1 Å². The third kappa shape index (κ3) is 2.23. The van der Waals surface area contributed by atoms with E-state index in [9.17, 15) is 5.11 Å². The zero-order valence-electron chi connectivity index (χ0n) is 11.6. The van der Waals surface area contributed by atoms with Crippen LogP contribution in [0.2, 0.25) is 0 Å². The van der Waals surface area contributed by atoms with Gasteiger partial charge in [0.25, 0.3) is 0 Å². The fourth-order valence-electron chi connectivity index (χ4n) is 2.45. The molecule has 0 fully saturated rings. The van der Waals surface area contributed by atoms with E-state index in [0.29, 0.717) is 11.7 Å². The molecular formula is C15H24O. The van der Waals surface area contributed by atoms with Gasteiger partial charge < -0.3 is 5.11 Å². The van der Waals surface area contributed by atoms with Crippen molar-refractivity contribution < 1.29 is 5.11 Å². The average molecular weight is 220 g/mol. The van der Waals surface area contributed by atoms with Gasteiger partial charge in [-0.2, -0.15) is 0 Å². The predicted octanol–water partition coefficient (Wildman–Crippen LogP) is 4.43. The Hall–Kier alpha value is -0.980. The van der Waals surface area contributed by atoms with E-state index in [1.54, 1.807) is 0 Å². The Kier molecular flexibility index (Phi) is 3.37. The molecule has 0 aromatic heterocycles. The number of phenols is 1. The fourth-order valence-corrected chi connectivity index (χ4v) is 2.45. The van der Waals surface area contributed by atoms with E-state index in [1.807, 2.05) is 6.92 Å². The Morgan fingerprint density at radius 3 is 2.00 bits per heavy atom. The second kappa shape index (κ2) is 4.12. The smallest absolute Gasteiger partial charge is 0.122 e. The van der Waals surface area contributed by atoms with Crippen LogP contribution in [-0.2, 0) is 5.41 Å². The summed E-state index contributed by atoms with van der Waals surface area (Å²) in [6.45, 7) is 14.9. The largest absolute Gasteiger partial charge is 0.507 e. The maximum Gasteiger partial charge on any atom is 0.122 e. The Labute approximate surface area is 99.5 Å².